The van der Waals surface area contributed by atoms with E-state index in [0.717, 1.165) is 22.4 Å². The predicted octanol–water partition coefficient (Wildman–Crippen LogP) is 7.53. The van der Waals surface area contributed by atoms with Gasteiger partial charge in [-0.05, 0) is 77.7 Å². The van der Waals surface area contributed by atoms with E-state index in [4.69, 9.17) is 21.7 Å². The summed E-state index contributed by atoms with van der Waals surface area (Å²) >= 11 is 6.82. The Morgan fingerprint density at radius 1 is 0.889 bits per heavy atom. The van der Waals surface area contributed by atoms with Crippen LogP contribution in [0.2, 0.25) is 0 Å². The minimum atomic E-state index is -0.120. The number of carbonyl (C=O) groups excluding carboxylic acids is 1. The molecule has 1 amide bonds. The molecule has 0 N–H and O–H groups in total. The van der Waals surface area contributed by atoms with Gasteiger partial charge in [-0.2, -0.15) is 0 Å². The number of anilines is 1. The normalized spacial score (nSPS) is 14.6. The van der Waals surface area contributed by atoms with Crippen LogP contribution in [-0.2, 0) is 11.4 Å². The first-order chi connectivity index (χ1) is 17.5. The van der Waals surface area contributed by atoms with Crippen molar-refractivity contribution >= 4 is 56.7 Å². The summed E-state index contributed by atoms with van der Waals surface area (Å²) in [7, 11) is 0. The quantitative estimate of drug-likeness (QED) is 0.189. The predicted molar refractivity (Wildman–Crippen MR) is 153 cm³/mol. The second-order valence-electron chi connectivity index (χ2n) is 8.47. The van der Waals surface area contributed by atoms with Crippen molar-refractivity contribution in [2.75, 3.05) is 11.5 Å². The van der Waals surface area contributed by atoms with Gasteiger partial charge < -0.3 is 9.47 Å². The SMILES string of the molecule is CCOc1cc(/C=C2\SC(=S)N(c3cccc(C)c3)C2=O)ccc1OCc1ccc2ccccc2c1. The van der Waals surface area contributed by atoms with E-state index in [1.54, 1.807) is 4.90 Å². The zero-order valence-corrected chi connectivity index (χ0v) is 21.7. The molecule has 0 spiro atoms. The number of amides is 1. The number of fused-ring (bicyclic) bond motifs is 1. The summed E-state index contributed by atoms with van der Waals surface area (Å²) in [6.45, 7) is 4.87. The van der Waals surface area contributed by atoms with Crippen LogP contribution in [0.5, 0.6) is 11.5 Å². The Hall–Kier alpha value is -3.61. The molecule has 0 unspecified atom stereocenters. The van der Waals surface area contributed by atoms with Crippen LogP contribution in [0.25, 0.3) is 16.8 Å². The number of nitrogens with zero attached hydrogens (tertiary/aromatic N) is 1. The molecule has 1 fully saturated rings. The van der Waals surface area contributed by atoms with E-state index in [2.05, 4.69) is 30.3 Å². The highest BCUT2D eigenvalue weighted by atomic mass is 32.2. The highest BCUT2D eigenvalue weighted by Gasteiger charge is 2.33. The summed E-state index contributed by atoms with van der Waals surface area (Å²) in [6.07, 6.45) is 1.85. The number of hydrogen-bond donors (Lipinski definition) is 0. The van der Waals surface area contributed by atoms with Crippen molar-refractivity contribution in [3.05, 3.63) is 107 Å². The van der Waals surface area contributed by atoms with E-state index in [1.807, 2.05) is 74.5 Å². The number of thioether (sulfide) groups is 1. The van der Waals surface area contributed by atoms with Crippen molar-refractivity contribution in [2.45, 2.75) is 20.5 Å². The van der Waals surface area contributed by atoms with E-state index in [-0.39, 0.29) is 5.91 Å². The van der Waals surface area contributed by atoms with Crippen molar-refractivity contribution in [1.82, 2.24) is 0 Å². The van der Waals surface area contributed by atoms with Gasteiger partial charge in [0.2, 0.25) is 0 Å². The number of rotatable bonds is 7. The number of aryl methyl sites for hydroxylation is 1. The topological polar surface area (TPSA) is 38.8 Å². The Morgan fingerprint density at radius 2 is 1.72 bits per heavy atom. The van der Waals surface area contributed by atoms with Crippen molar-refractivity contribution in [1.29, 1.82) is 0 Å². The molecule has 1 aliphatic heterocycles. The van der Waals surface area contributed by atoms with Gasteiger partial charge in [0.05, 0.1) is 17.2 Å². The van der Waals surface area contributed by atoms with Crippen LogP contribution in [0.1, 0.15) is 23.6 Å². The highest BCUT2D eigenvalue weighted by Crippen LogP contribution is 2.37. The average molecular weight is 512 g/mol. The third-order valence-corrected chi connectivity index (χ3v) is 7.13. The van der Waals surface area contributed by atoms with Crippen LogP contribution >= 0.6 is 24.0 Å². The zero-order chi connectivity index (χ0) is 25.1. The van der Waals surface area contributed by atoms with E-state index in [9.17, 15) is 4.79 Å². The number of carbonyl (C=O) groups is 1. The van der Waals surface area contributed by atoms with Crippen molar-refractivity contribution < 1.29 is 14.3 Å². The van der Waals surface area contributed by atoms with E-state index in [0.29, 0.717) is 33.9 Å². The Morgan fingerprint density at radius 3 is 2.53 bits per heavy atom. The van der Waals surface area contributed by atoms with Gasteiger partial charge in [-0.1, -0.05) is 78.6 Å². The summed E-state index contributed by atoms with van der Waals surface area (Å²) < 4.78 is 12.5. The molecule has 0 bridgehead atoms. The van der Waals surface area contributed by atoms with Gasteiger partial charge in [0.15, 0.2) is 15.8 Å². The van der Waals surface area contributed by atoms with Gasteiger partial charge in [0.25, 0.3) is 5.91 Å². The molecule has 1 saturated heterocycles. The first-order valence-corrected chi connectivity index (χ1v) is 13.0. The minimum Gasteiger partial charge on any atom is -0.490 e. The van der Waals surface area contributed by atoms with Crippen LogP contribution in [-0.4, -0.2) is 16.8 Å². The molecule has 5 rings (SSSR count). The highest BCUT2D eigenvalue weighted by molar-refractivity contribution is 8.27. The maximum absolute atomic E-state index is 13.2. The van der Waals surface area contributed by atoms with Gasteiger partial charge in [0.1, 0.15) is 6.61 Å². The van der Waals surface area contributed by atoms with Crippen molar-refractivity contribution in [3.8, 4) is 11.5 Å². The van der Waals surface area contributed by atoms with Crippen molar-refractivity contribution in [2.24, 2.45) is 0 Å². The van der Waals surface area contributed by atoms with Gasteiger partial charge in [0, 0.05) is 0 Å². The lowest BCUT2D eigenvalue weighted by Gasteiger charge is -2.15. The smallest absolute Gasteiger partial charge is 0.270 e. The molecule has 0 saturated carbocycles. The Labute approximate surface area is 220 Å². The second kappa shape index (κ2) is 10.6. The molecule has 0 aliphatic carbocycles. The van der Waals surface area contributed by atoms with Gasteiger partial charge >= 0.3 is 0 Å². The number of ether oxygens (including phenoxy) is 2. The Balaban J connectivity index is 1.36. The number of hydrogen-bond acceptors (Lipinski definition) is 5. The fourth-order valence-electron chi connectivity index (χ4n) is 4.10. The Kier molecular flexibility index (Phi) is 7.07. The standard InChI is InChI=1S/C30H25NO3S2/c1-3-33-27-17-21(18-28-29(32)31(30(35)36-28)25-10-6-7-20(2)15-25)12-14-26(27)34-19-22-11-13-23-8-4-5-9-24(23)16-22/h4-18H,3,19H2,1-2H3/b28-18-. The molecular formula is C30H25NO3S2. The lowest BCUT2D eigenvalue weighted by Crippen LogP contribution is -2.27. The molecule has 4 nitrogen and oxygen atoms in total. The van der Waals surface area contributed by atoms with Gasteiger partial charge in [-0.25, -0.2) is 0 Å². The maximum Gasteiger partial charge on any atom is 0.270 e. The maximum atomic E-state index is 13.2. The molecular weight excluding hydrogens is 486 g/mol. The molecule has 36 heavy (non-hydrogen) atoms. The monoisotopic (exact) mass is 511 g/mol. The summed E-state index contributed by atoms with van der Waals surface area (Å²) in [5.41, 5.74) is 3.79. The second-order valence-corrected chi connectivity index (χ2v) is 10.1. The van der Waals surface area contributed by atoms with Crippen LogP contribution in [0.4, 0.5) is 5.69 Å². The Bertz CT molecular complexity index is 1490. The first kappa shape index (κ1) is 24.1. The van der Waals surface area contributed by atoms with Crippen molar-refractivity contribution in [3.63, 3.8) is 0 Å². The summed E-state index contributed by atoms with van der Waals surface area (Å²) in [5, 5.41) is 2.38. The zero-order valence-electron chi connectivity index (χ0n) is 20.1. The largest absolute Gasteiger partial charge is 0.490 e. The molecule has 180 valence electrons. The fraction of sp³-hybridized carbons (Fsp3) is 0.133. The molecule has 0 aromatic heterocycles. The number of benzene rings is 4. The molecule has 0 atom stereocenters. The third kappa shape index (κ3) is 5.15. The van der Waals surface area contributed by atoms with Gasteiger partial charge in [-0.15, -0.1) is 0 Å². The van der Waals surface area contributed by atoms with E-state index < -0.39 is 0 Å². The summed E-state index contributed by atoms with van der Waals surface area (Å²) in [4.78, 5) is 15.3. The van der Waals surface area contributed by atoms with Gasteiger partial charge in [-0.3, -0.25) is 9.69 Å². The molecule has 1 aliphatic rings. The first-order valence-electron chi connectivity index (χ1n) is 11.7. The van der Waals surface area contributed by atoms with Crippen LogP contribution < -0.4 is 14.4 Å². The molecule has 4 aromatic rings. The van der Waals surface area contributed by atoms with Crippen LogP contribution in [0, 0.1) is 6.92 Å². The lowest BCUT2D eigenvalue weighted by molar-refractivity contribution is -0.113. The van der Waals surface area contributed by atoms with E-state index >= 15 is 0 Å². The van der Waals surface area contributed by atoms with Crippen LogP contribution in [0.3, 0.4) is 0 Å². The minimum absolute atomic E-state index is 0.120. The average Bonchev–Trinajstić information content (AvgIpc) is 3.16. The number of thiocarbonyl (C=S) groups is 1. The molecule has 6 heteroatoms. The molecule has 4 aromatic carbocycles. The van der Waals surface area contributed by atoms with E-state index in [1.165, 1.54) is 22.5 Å². The molecule has 1 heterocycles. The third-order valence-electron chi connectivity index (χ3n) is 5.83. The van der Waals surface area contributed by atoms with Crippen LogP contribution in [0.15, 0.2) is 89.8 Å². The fourth-order valence-corrected chi connectivity index (χ4v) is 5.40. The summed E-state index contributed by atoms with van der Waals surface area (Å²) in [6, 6.07) is 28.1. The lowest BCUT2D eigenvalue weighted by atomic mass is 10.1. The summed E-state index contributed by atoms with van der Waals surface area (Å²) in [5.74, 6) is 1.18. The molecule has 0 radical (unpaired) electrons.